The van der Waals surface area contributed by atoms with Crippen molar-refractivity contribution in [2.75, 3.05) is 6.54 Å². The fourth-order valence-electron chi connectivity index (χ4n) is 6.29. The van der Waals surface area contributed by atoms with Gasteiger partial charge in [0.2, 0.25) is 0 Å². The van der Waals surface area contributed by atoms with Crippen LogP contribution in [0.1, 0.15) is 64.7 Å². The average Bonchev–Trinajstić information content (AvgIpc) is 2.79. The van der Waals surface area contributed by atoms with Crippen molar-refractivity contribution in [2.24, 2.45) is 23.0 Å². The van der Waals surface area contributed by atoms with Crippen LogP contribution in [-0.4, -0.2) is 23.0 Å². The van der Waals surface area contributed by atoms with Crippen LogP contribution in [0.2, 0.25) is 0 Å². The Morgan fingerprint density at radius 2 is 2.04 bits per heavy atom. The second-order valence-electron chi connectivity index (χ2n) is 8.42. The molecule has 3 heteroatoms. The van der Waals surface area contributed by atoms with Gasteiger partial charge in [0, 0.05) is 11.8 Å². The number of allylic oxidation sites excluding steroid dienone is 4. The molecule has 4 atom stereocenters. The normalized spacial score (nSPS) is 42.9. The van der Waals surface area contributed by atoms with E-state index in [4.69, 9.17) is 5.73 Å². The van der Waals surface area contributed by atoms with Gasteiger partial charge in [0.05, 0.1) is 5.60 Å². The number of fused-ring (bicyclic) bond motifs is 4. The zero-order chi connectivity index (χ0) is 16.2. The van der Waals surface area contributed by atoms with Crippen LogP contribution >= 0.6 is 0 Å². The van der Waals surface area contributed by atoms with Crippen molar-refractivity contribution in [3.8, 4) is 0 Å². The van der Waals surface area contributed by atoms with Gasteiger partial charge < -0.3 is 10.8 Å². The molecule has 3 N–H and O–H groups in total. The first-order chi connectivity index (χ1) is 11.0. The van der Waals surface area contributed by atoms with Crippen molar-refractivity contribution < 1.29 is 9.90 Å². The van der Waals surface area contributed by atoms with Gasteiger partial charge in [-0.3, -0.25) is 4.79 Å². The van der Waals surface area contributed by atoms with Crippen molar-refractivity contribution >= 4 is 5.78 Å². The highest BCUT2D eigenvalue weighted by molar-refractivity contribution is 5.93. The molecule has 0 aromatic carbocycles. The van der Waals surface area contributed by atoms with E-state index < -0.39 is 5.60 Å². The number of hydrogen-bond donors (Lipinski definition) is 2. The van der Waals surface area contributed by atoms with E-state index in [1.54, 1.807) is 5.57 Å². The molecule has 126 valence electrons. The van der Waals surface area contributed by atoms with Crippen molar-refractivity contribution in [2.45, 2.75) is 70.3 Å². The quantitative estimate of drug-likeness (QED) is 0.822. The van der Waals surface area contributed by atoms with E-state index in [0.717, 1.165) is 51.4 Å². The van der Waals surface area contributed by atoms with E-state index in [0.29, 0.717) is 30.6 Å². The second-order valence-corrected chi connectivity index (χ2v) is 8.42. The summed E-state index contributed by atoms with van der Waals surface area (Å²) >= 11 is 0. The molecule has 0 aromatic heterocycles. The molecule has 2 saturated carbocycles. The Morgan fingerprint density at radius 1 is 1.22 bits per heavy atom. The van der Waals surface area contributed by atoms with E-state index >= 15 is 0 Å². The SMILES string of the molecule is C[C@]12CCC3=C4CCC(=O)C=C4CCC3C1CC[C@@]2(O)CCN. The second kappa shape index (κ2) is 5.29. The molecule has 0 bridgehead atoms. The molecule has 4 rings (SSSR count). The Bertz CT molecular complexity index is 605. The molecule has 0 radical (unpaired) electrons. The van der Waals surface area contributed by atoms with Gasteiger partial charge in [-0.25, -0.2) is 0 Å². The van der Waals surface area contributed by atoms with Gasteiger partial charge in [-0.15, -0.1) is 0 Å². The number of hydrogen-bond acceptors (Lipinski definition) is 3. The summed E-state index contributed by atoms with van der Waals surface area (Å²) in [5.41, 5.74) is 9.72. The number of carbonyl (C=O) groups is 1. The summed E-state index contributed by atoms with van der Waals surface area (Å²) in [4.78, 5) is 11.7. The van der Waals surface area contributed by atoms with Crippen LogP contribution in [-0.2, 0) is 4.79 Å². The van der Waals surface area contributed by atoms with Crippen LogP contribution in [0, 0.1) is 17.3 Å². The smallest absolute Gasteiger partial charge is 0.156 e. The highest BCUT2D eigenvalue weighted by atomic mass is 16.3. The number of aliphatic hydroxyl groups is 1. The predicted molar refractivity (Wildman–Crippen MR) is 90.8 cm³/mol. The first-order valence-electron chi connectivity index (χ1n) is 9.37. The van der Waals surface area contributed by atoms with Gasteiger partial charge in [-0.2, -0.15) is 0 Å². The fraction of sp³-hybridized carbons (Fsp3) is 0.750. The maximum Gasteiger partial charge on any atom is 0.156 e. The molecule has 4 aliphatic carbocycles. The molecule has 2 fully saturated rings. The molecule has 4 aliphatic rings. The summed E-state index contributed by atoms with van der Waals surface area (Å²) in [5.74, 6) is 1.53. The first kappa shape index (κ1) is 15.6. The van der Waals surface area contributed by atoms with Gasteiger partial charge in [-0.1, -0.05) is 12.5 Å². The van der Waals surface area contributed by atoms with Gasteiger partial charge >= 0.3 is 0 Å². The predicted octanol–water partition coefficient (Wildman–Crippen LogP) is 3.27. The molecule has 3 nitrogen and oxygen atoms in total. The van der Waals surface area contributed by atoms with Crippen molar-refractivity contribution in [1.82, 2.24) is 0 Å². The average molecular weight is 315 g/mol. The van der Waals surface area contributed by atoms with Crippen LogP contribution < -0.4 is 5.73 Å². The molecular weight excluding hydrogens is 286 g/mol. The minimum absolute atomic E-state index is 0.0206. The zero-order valence-electron chi connectivity index (χ0n) is 14.2. The molecule has 0 heterocycles. The van der Waals surface area contributed by atoms with Gasteiger partial charge in [0.1, 0.15) is 0 Å². The van der Waals surface area contributed by atoms with E-state index in [-0.39, 0.29) is 5.41 Å². The summed E-state index contributed by atoms with van der Waals surface area (Å²) in [5, 5.41) is 11.3. The maximum absolute atomic E-state index is 11.7. The third-order valence-electron chi connectivity index (χ3n) is 7.61. The topological polar surface area (TPSA) is 63.3 Å². The number of nitrogens with two attached hydrogens (primary N) is 1. The Hall–Kier alpha value is -0.930. The van der Waals surface area contributed by atoms with Crippen LogP contribution in [0.5, 0.6) is 0 Å². The third-order valence-corrected chi connectivity index (χ3v) is 7.61. The summed E-state index contributed by atoms with van der Waals surface area (Å²) in [6.45, 7) is 2.89. The van der Waals surface area contributed by atoms with Crippen molar-refractivity contribution in [3.05, 3.63) is 22.8 Å². The summed E-state index contributed by atoms with van der Waals surface area (Å²) in [6.07, 6.45) is 10.7. The van der Waals surface area contributed by atoms with E-state index in [1.165, 1.54) is 11.1 Å². The lowest BCUT2D eigenvalue weighted by molar-refractivity contribution is -0.114. The maximum atomic E-state index is 11.7. The van der Waals surface area contributed by atoms with Gasteiger partial charge in [0.25, 0.3) is 0 Å². The molecular formula is C20H29NO2. The van der Waals surface area contributed by atoms with Crippen molar-refractivity contribution in [1.29, 1.82) is 0 Å². The molecule has 2 unspecified atom stereocenters. The summed E-state index contributed by atoms with van der Waals surface area (Å²) in [7, 11) is 0. The molecule has 0 aromatic rings. The summed E-state index contributed by atoms with van der Waals surface area (Å²) < 4.78 is 0. The van der Waals surface area contributed by atoms with Crippen LogP contribution in [0.15, 0.2) is 22.8 Å². The van der Waals surface area contributed by atoms with Gasteiger partial charge in [-0.05, 0) is 87.0 Å². The highest BCUT2D eigenvalue weighted by Crippen LogP contribution is 2.64. The molecule has 0 aliphatic heterocycles. The highest BCUT2D eigenvalue weighted by Gasteiger charge is 2.60. The number of carbonyl (C=O) groups excluding carboxylic acids is 1. The molecule has 0 spiro atoms. The monoisotopic (exact) mass is 315 g/mol. The third kappa shape index (κ3) is 2.12. The fourth-order valence-corrected chi connectivity index (χ4v) is 6.29. The lowest BCUT2D eigenvalue weighted by Crippen LogP contribution is -2.50. The zero-order valence-corrected chi connectivity index (χ0v) is 14.2. The number of rotatable bonds is 2. The number of ketones is 1. The van der Waals surface area contributed by atoms with Crippen LogP contribution in [0.3, 0.4) is 0 Å². The van der Waals surface area contributed by atoms with Gasteiger partial charge in [0.15, 0.2) is 5.78 Å². The molecule has 23 heavy (non-hydrogen) atoms. The molecule has 0 saturated heterocycles. The van der Waals surface area contributed by atoms with E-state index in [2.05, 4.69) is 6.92 Å². The Labute approximate surface area is 139 Å². The Morgan fingerprint density at radius 3 is 2.83 bits per heavy atom. The lowest BCUT2D eigenvalue weighted by Gasteiger charge is -2.52. The standard InChI is InChI=1S/C20H29NO2/c1-19-8-6-16-15-5-3-14(22)12-13(15)2-4-17(16)18(19)7-9-20(19,23)10-11-21/h12,17-18,23H,2-11,21H2,1H3/t17?,18?,19-,20+/m0/s1. The Kier molecular flexibility index (Phi) is 3.58. The Balaban J connectivity index is 1.70. The lowest BCUT2D eigenvalue weighted by atomic mass is 9.54. The largest absolute Gasteiger partial charge is 0.389 e. The van der Waals surface area contributed by atoms with E-state index in [9.17, 15) is 9.90 Å². The minimum Gasteiger partial charge on any atom is -0.389 e. The first-order valence-corrected chi connectivity index (χ1v) is 9.37. The van der Waals surface area contributed by atoms with Crippen LogP contribution in [0.25, 0.3) is 0 Å². The van der Waals surface area contributed by atoms with Crippen molar-refractivity contribution in [3.63, 3.8) is 0 Å². The summed E-state index contributed by atoms with van der Waals surface area (Å²) in [6, 6.07) is 0. The van der Waals surface area contributed by atoms with E-state index in [1.807, 2.05) is 6.08 Å². The molecule has 0 amide bonds. The minimum atomic E-state index is -0.568. The van der Waals surface area contributed by atoms with Crippen LogP contribution in [0.4, 0.5) is 0 Å².